The second-order valence-electron chi connectivity index (χ2n) is 3.00. The van der Waals surface area contributed by atoms with Gasteiger partial charge in [-0.2, -0.15) is 24.6 Å². The molecule has 0 amide bonds. The smallest absolute Gasteiger partial charge is 0.310 e. The third kappa shape index (κ3) is 5.96. The monoisotopic (exact) mass is 696 g/mol. The average molecular weight is 696 g/mol. The zero-order chi connectivity index (χ0) is 10.6. The molecule has 0 heterocycles. The number of halogens is 4. The minimum Gasteiger partial charge on any atom is -0.310 e. The number of hydrogen-bond acceptors (Lipinski definition) is 0. The molecule has 0 radical (unpaired) electrons. The van der Waals surface area contributed by atoms with Crippen LogP contribution in [0.15, 0.2) is 30.3 Å². The van der Waals surface area contributed by atoms with Gasteiger partial charge in [-0.05, 0) is 1.43 Å². The molecule has 0 aliphatic heterocycles. The summed E-state index contributed by atoms with van der Waals surface area (Å²) in [4.78, 5) is 0. The maximum atomic E-state index is 2.55. The molecular formula is C10H10I4Ni. The third-order valence-electron chi connectivity index (χ3n) is 1.93. The third-order valence-corrected chi connectivity index (χ3v) is 12.1. The Morgan fingerprint density at radius 1 is 1.27 bits per heavy atom. The van der Waals surface area contributed by atoms with Gasteiger partial charge in [-0.15, -0.1) is 45.2 Å². The summed E-state index contributed by atoms with van der Waals surface area (Å²) in [5, 5.41) is 0. The van der Waals surface area contributed by atoms with Gasteiger partial charge < -0.3 is 22.6 Å². The van der Waals surface area contributed by atoms with Gasteiger partial charge in [-0.25, -0.2) is 16.1 Å². The Bertz CT molecular complexity index is 219. The second-order valence-corrected chi connectivity index (χ2v) is 11.3. The summed E-state index contributed by atoms with van der Waals surface area (Å²) in [5.41, 5.74) is 0. The standard InChI is InChI=1S/C5H5I4.C5H5.Ni/c6-3-1-2-4(7)5(3,8)9;1-2-4-5-3-1;/h3H,1-2H2;1-5H;/q2*-1;+2. The van der Waals surface area contributed by atoms with E-state index in [0.717, 1.165) is 3.92 Å². The Morgan fingerprint density at radius 3 is 1.93 bits per heavy atom. The molecule has 0 bridgehead atoms. The van der Waals surface area contributed by atoms with Gasteiger partial charge in [0.1, 0.15) is 0 Å². The number of hydrogen-bond donors (Lipinski definition) is 0. The van der Waals surface area contributed by atoms with Crippen LogP contribution in [0.5, 0.6) is 0 Å². The largest absolute Gasteiger partial charge is 2.00 e. The first kappa shape index (κ1) is 17.8. The second kappa shape index (κ2) is 8.79. The fourth-order valence-corrected chi connectivity index (χ4v) is 4.22. The molecule has 88 valence electrons. The fraction of sp³-hybridized carbons (Fsp3) is 0.400. The van der Waals surface area contributed by atoms with Crippen LogP contribution >= 0.6 is 90.4 Å². The van der Waals surface area contributed by atoms with Gasteiger partial charge in [-0.1, -0.05) is 29.0 Å². The van der Waals surface area contributed by atoms with Gasteiger partial charge >= 0.3 is 16.5 Å². The molecule has 1 aromatic rings. The van der Waals surface area contributed by atoms with Gasteiger partial charge in [0, 0.05) is 3.92 Å². The molecule has 0 nitrogen and oxygen atoms in total. The van der Waals surface area contributed by atoms with Crippen LogP contribution in [0, 0.1) is 3.92 Å². The molecule has 0 N–H and O–H groups in total. The summed E-state index contributed by atoms with van der Waals surface area (Å²) in [6.07, 6.45) is 2.69. The van der Waals surface area contributed by atoms with Gasteiger partial charge in [0.25, 0.3) is 0 Å². The first-order valence-corrected chi connectivity index (χ1v) is 8.73. The quantitative estimate of drug-likeness (QED) is 0.145. The van der Waals surface area contributed by atoms with Crippen molar-refractivity contribution in [3.8, 4) is 0 Å². The van der Waals surface area contributed by atoms with E-state index in [1.54, 1.807) is 3.92 Å². The molecule has 1 unspecified atom stereocenters. The van der Waals surface area contributed by atoms with Crippen molar-refractivity contribution in [1.29, 1.82) is 0 Å². The van der Waals surface area contributed by atoms with Crippen molar-refractivity contribution >= 4 is 90.4 Å². The molecule has 1 fully saturated rings. The minimum atomic E-state index is 0. The van der Waals surface area contributed by atoms with E-state index < -0.39 is 0 Å². The van der Waals surface area contributed by atoms with Crippen LogP contribution in [0.1, 0.15) is 12.8 Å². The Balaban J connectivity index is 0.000000280. The molecule has 0 spiro atoms. The predicted octanol–water partition coefficient (Wildman–Crippen LogP) is 5.52. The van der Waals surface area contributed by atoms with Crippen molar-refractivity contribution in [3.05, 3.63) is 34.3 Å². The fourth-order valence-electron chi connectivity index (χ4n) is 1.09. The molecule has 15 heavy (non-hydrogen) atoms. The summed E-state index contributed by atoms with van der Waals surface area (Å²) in [6, 6.07) is 10.0. The molecule has 1 aliphatic carbocycles. The van der Waals surface area contributed by atoms with Gasteiger partial charge in [0.05, 0.1) is 0 Å². The van der Waals surface area contributed by atoms with Crippen LogP contribution in [0.2, 0.25) is 0 Å². The maximum absolute atomic E-state index is 2.55. The van der Waals surface area contributed by atoms with E-state index in [-0.39, 0.29) is 16.5 Å². The van der Waals surface area contributed by atoms with E-state index in [2.05, 4.69) is 90.4 Å². The van der Waals surface area contributed by atoms with Crippen molar-refractivity contribution in [2.24, 2.45) is 0 Å². The summed E-state index contributed by atoms with van der Waals surface area (Å²) >= 11 is 10.1. The van der Waals surface area contributed by atoms with Crippen LogP contribution in [-0.2, 0) is 16.5 Å². The van der Waals surface area contributed by atoms with E-state index in [0.29, 0.717) is 1.43 Å². The number of alkyl halides is 3. The van der Waals surface area contributed by atoms with E-state index in [9.17, 15) is 0 Å². The van der Waals surface area contributed by atoms with Crippen LogP contribution in [-0.4, -0.2) is 5.35 Å². The molecule has 2 rings (SSSR count). The molecular weight excluding hydrogens is 686 g/mol. The van der Waals surface area contributed by atoms with Crippen molar-refractivity contribution < 1.29 is 16.5 Å². The Labute approximate surface area is 156 Å². The van der Waals surface area contributed by atoms with Crippen LogP contribution in [0.25, 0.3) is 0 Å². The Morgan fingerprint density at radius 2 is 1.80 bits per heavy atom. The van der Waals surface area contributed by atoms with Crippen LogP contribution in [0.4, 0.5) is 0 Å². The molecule has 5 heteroatoms. The van der Waals surface area contributed by atoms with Crippen LogP contribution < -0.4 is 0 Å². The Kier molecular flexibility index (Phi) is 10.4. The van der Waals surface area contributed by atoms with E-state index in [1.165, 1.54) is 12.8 Å². The summed E-state index contributed by atoms with van der Waals surface area (Å²) in [7, 11) is 0. The summed E-state index contributed by atoms with van der Waals surface area (Å²) < 4.78 is 2.90. The summed E-state index contributed by atoms with van der Waals surface area (Å²) in [5.74, 6) is 0. The molecule has 0 saturated heterocycles. The normalized spacial score (nSPS) is 23.9. The van der Waals surface area contributed by atoms with E-state index in [4.69, 9.17) is 0 Å². The van der Waals surface area contributed by atoms with Crippen molar-refractivity contribution in [3.63, 3.8) is 0 Å². The van der Waals surface area contributed by atoms with Gasteiger partial charge in [-0.3, -0.25) is 0 Å². The van der Waals surface area contributed by atoms with Crippen molar-refractivity contribution in [1.82, 2.24) is 0 Å². The van der Waals surface area contributed by atoms with Crippen molar-refractivity contribution in [2.45, 2.75) is 18.2 Å². The zero-order valence-corrected chi connectivity index (χ0v) is 17.3. The zero-order valence-electron chi connectivity index (χ0n) is 7.71. The van der Waals surface area contributed by atoms with Gasteiger partial charge in [0.15, 0.2) is 0 Å². The molecule has 1 aromatic carbocycles. The molecule has 1 atom stereocenters. The SMILES string of the molecule is I[C-]1CCC(I)C1(I)I.[Ni+2].c1cc[cH-]c1. The van der Waals surface area contributed by atoms with E-state index in [1.807, 2.05) is 30.3 Å². The number of rotatable bonds is 0. The first-order valence-electron chi connectivity index (χ1n) is 4.25. The first-order chi connectivity index (χ1) is 6.55. The van der Waals surface area contributed by atoms with Crippen LogP contribution in [0.3, 0.4) is 0 Å². The minimum absolute atomic E-state index is 0. The topological polar surface area (TPSA) is 0 Å². The average Bonchev–Trinajstić information content (AvgIpc) is 2.75. The van der Waals surface area contributed by atoms with Crippen molar-refractivity contribution in [2.75, 3.05) is 0 Å². The molecule has 0 aromatic heterocycles. The molecule has 1 saturated carbocycles. The van der Waals surface area contributed by atoms with Gasteiger partial charge in [0.2, 0.25) is 0 Å². The summed E-state index contributed by atoms with van der Waals surface area (Å²) in [6.45, 7) is 0. The Hall–Kier alpha value is 2.76. The maximum Gasteiger partial charge on any atom is 2.00 e. The molecule has 1 aliphatic rings. The predicted molar refractivity (Wildman–Crippen MR) is 97.1 cm³/mol. The van der Waals surface area contributed by atoms with E-state index >= 15 is 0 Å².